The monoisotopic (exact) mass is 310 g/mol. The Morgan fingerprint density at radius 2 is 2.05 bits per heavy atom. The fourth-order valence-corrected chi connectivity index (χ4v) is 3.00. The Hall–Kier alpha value is -2.31. The molecule has 0 aliphatic carbocycles. The third-order valence-corrected chi connectivity index (χ3v) is 4.12. The molecule has 0 spiro atoms. The lowest BCUT2D eigenvalue weighted by molar-refractivity contribution is 0.0729. The van der Waals surface area contributed by atoms with E-state index in [9.17, 15) is 4.79 Å². The molecule has 1 aromatic heterocycles. The second-order valence-corrected chi connectivity index (χ2v) is 5.66. The Morgan fingerprint density at radius 1 is 1.27 bits per heavy atom. The minimum atomic E-state index is -0.0778. The van der Waals surface area contributed by atoms with E-state index in [4.69, 9.17) is 18.0 Å². The van der Waals surface area contributed by atoms with Gasteiger partial charge in [-0.3, -0.25) is 4.79 Å². The van der Waals surface area contributed by atoms with Gasteiger partial charge >= 0.3 is 0 Å². The van der Waals surface area contributed by atoms with E-state index in [1.54, 1.807) is 18.2 Å². The van der Waals surface area contributed by atoms with Gasteiger partial charge in [0.2, 0.25) is 0 Å². The van der Waals surface area contributed by atoms with Crippen LogP contribution < -0.4 is 0 Å². The van der Waals surface area contributed by atoms with Crippen LogP contribution in [-0.4, -0.2) is 22.3 Å². The maximum atomic E-state index is 12.7. The summed E-state index contributed by atoms with van der Waals surface area (Å²) >= 11 is 5.88. The molecule has 2 heterocycles. The Balaban J connectivity index is 1.86. The largest absolute Gasteiger partial charge is 0.330 e. The van der Waals surface area contributed by atoms with Gasteiger partial charge in [0.25, 0.3) is 5.91 Å². The number of likely N-dealkylation sites (tertiary alicyclic amines) is 1. The molecule has 4 heteroatoms. The minimum absolute atomic E-state index is 0.0695. The van der Waals surface area contributed by atoms with Crippen molar-refractivity contribution in [1.82, 2.24) is 9.88 Å². The van der Waals surface area contributed by atoms with Crippen molar-refractivity contribution in [1.29, 1.82) is 0 Å². The van der Waals surface area contributed by atoms with Crippen LogP contribution in [0.1, 0.15) is 40.5 Å². The molecule has 1 atom stereocenters. The Kier molecular flexibility index (Phi) is 4.13. The van der Waals surface area contributed by atoms with Crippen molar-refractivity contribution >= 4 is 17.5 Å². The molecule has 3 rings (SSSR count). The van der Waals surface area contributed by atoms with Crippen molar-refractivity contribution < 1.29 is 4.79 Å². The van der Waals surface area contributed by atoms with Crippen molar-refractivity contribution in [2.24, 2.45) is 0 Å². The van der Waals surface area contributed by atoms with Gasteiger partial charge in [0, 0.05) is 12.1 Å². The van der Waals surface area contributed by atoms with Crippen molar-refractivity contribution in [2.75, 3.05) is 6.54 Å². The maximum Gasteiger partial charge on any atom is 0.273 e. The quantitative estimate of drug-likeness (QED) is 0.626. The number of amides is 1. The van der Waals surface area contributed by atoms with Gasteiger partial charge in [-0.1, -0.05) is 35.7 Å². The number of hydrogen-bond acceptors (Lipinski definition) is 2. The first-order valence-electron chi connectivity index (χ1n) is 7.19. The van der Waals surface area contributed by atoms with Crippen molar-refractivity contribution in [3.8, 4) is 12.3 Å². The lowest BCUT2D eigenvalue weighted by atomic mass is 10.0. The zero-order valence-electron chi connectivity index (χ0n) is 12.0. The number of carbonyl (C=O) groups excluding carboxylic acids is 1. The normalized spacial score (nSPS) is 17.3. The number of hydrogen-bond donors (Lipinski definition) is 0. The third kappa shape index (κ3) is 2.84. The molecular formula is C18H15ClN2O. The Labute approximate surface area is 134 Å². The number of carbonyl (C=O) groups is 1. The van der Waals surface area contributed by atoms with E-state index in [1.807, 2.05) is 29.2 Å². The molecule has 1 unspecified atom stereocenters. The van der Waals surface area contributed by atoms with Gasteiger partial charge in [0.1, 0.15) is 10.8 Å². The zero-order chi connectivity index (χ0) is 15.5. The first-order chi connectivity index (χ1) is 10.7. The van der Waals surface area contributed by atoms with Crippen molar-refractivity contribution in [3.63, 3.8) is 0 Å². The van der Waals surface area contributed by atoms with Gasteiger partial charge in [-0.05, 0) is 42.7 Å². The topological polar surface area (TPSA) is 33.2 Å². The molecule has 0 saturated carbocycles. The predicted molar refractivity (Wildman–Crippen MR) is 86.6 cm³/mol. The summed E-state index contributed by atoms with van der Waals surface area (Å²) in [6, 6.07) is 13.0. The highest BCUT2D eigenvalue weighted by molar-refractivity contribution is 6.29. The fourth-order valence-electron chi connectivity index (χ4n) is 2.83. The van der Waals surface area contributed by atoms with Crippen LogP contribution in [0.2, 0.25) is 5.15 Å². The average molecular weight is 311 g/mol. The molecule has 0 radical (unpaired) electrons. The number of benzene rings is 1. The molecule has 1 aliphatic heterocycles. The highest BCUT2D eigenvalue weighted by Gasteiger charge is 2.31. The first-order valence-corrected chi connectivity index (χ1v) is 7.57. The number of pyridine rings is 1. The number of terminal acetylenes is 1. The molecule has 2 aromatic rings. The maximum absolute atomic E-state index is 12.7. The van der Waals surface area contributed by atoms with Crippen molar-refractivity contribution in [2.45, 2.75) is 18.9 Å². The Bertz CT molecular complexity index is 733. The van der Waals surface area contributed by atoms with E-state index in [2.05, 4.69) is 10.9 Å². The molecule has 110 valence electrons. The second-order valence-electron chi connectivity index (χ2n) is 5.27. The van der Waals surface area contributed by atoms with Gasteiger partial charge in [-0.25, -0.2) is 4.98 Å². The SMILES string of the molecule is C#Cc1ccc(C2CCCN2C(=O)c2cccc(Cl)n2)cc1. The van der Waals surface area contributed by atoms with Crippen LogP contribution in [0, 0.1) is 12.3 Å². The number of nitrogens with zero attached hydrogens (tertiary/aromatic N) is 2. The summed E-state index contributed by atoms with van der Waals surface area (Å²) in [6.45, 7) is 0.731. The molecule has 1 aromatic carbocycles. The lowest BCUT2D eigenvalue weighted by Crippen LogP contribution is -2.31. The summed E-state index contributed by atoms with van der Waals surface area (Å²) in [4.78, 5) is 18.7. The molecule has 22 heavy (non-hydrogen) atoms. The number of rotatable bonds is 2. The van der Waals surface area contributed by atoms with E-state index in [-0.39, 0.29) is 11.9 Å². The van der Waals surface area contributed by atoms with E-state index < -0.39 is 0 Å². The van der Waals surface area contributed by atoms with Gasteiger partial charge in [0.15, 0.2) is 0 Å². The zero-order valence-corrected chi connectivity index (χ0v) is 12.8. The molecule has 1 fully saturated rings. The van der Waals surface area contributed by atoms with Gasteiger partial charge in [0.05, 0.1) is 6.04 Å². The van der Waals surface area contributed by atoms with Crippen LogP contribution in [0.25, 0.3) is 0 Å². The summed E-state index contributed by atoms with van der Waals surface area (Å²) in [7, 11) is 0. The number of halogens is 1. The highest BCUT2D eigenvalue weighted by atomic mass is 35.5. The van der Waals surface area contributed by atoms with Crippen LogP contribution in [0.15, 0.2) is 42.5 Å². The van der Waals surface area contributed by atoms with Crippen LogP contribution >= 0.6 is 11.6 Å². The smallest absolute Gasteiger partial charge is 0.273 e. The van der Waals surface area contributed by atoms with Crippen LogP contribution in [-0.2, 0) is 0 Å². The predicted octanol–water partition coefficient (Wildman–Crippen LogP) is 3.69. The highest BCUT2D eigenvalue weighted by Crippen LogP contribution is 2.33. The third-order valence-electron chi connectivity index (χ3n) is 3.91. The van der Waals surface area contributed by atoms with Crippen LogP contribution in [0.3, 0.4) is 0 Å². The summed E-state index contributed by atoms with van der Waals surface area (Å²) < 4.78 is 0. The fraction of sp³-hybridized carbons (Fsp3) is 0.222. The summed E-state index contributed by atoms with van der Waals surface area (Å²) in [5, 5.41) is 0.333. The molecule has 1 saturated heterocycles. The van der Waals surface area contributed by atoms with Gasteiger partial charge < -0.3 is 4.90 Å². The Morgan fingerprint density at radius 3 is 2.73 bits per heavy atom. The van der Waals surface area contributed by atoms with Crippen molar-refractivity contribution in [3.05, 3.63) is 64.4 Å². The molecule has 3 nitrogen and oxygen atoms in total. The number of aromatic nitrogens is 1. The van der Waals surface area contributed by atoms with E-state index >= 15 is 0 Å². The summed E-state index contributed by atoms with van der Waals surface area (Å²) in [5.74, 6) is 2.53. The van der Waals surface area contributed by atoms with Gasteiger partial charge in [-0.15, -0.1) is 6.42 Å². The van der Waals surface area contributed by atoms with Crippen LogP contribution in [0.4, 0.5) is 0 Å². The standard InChI is InChI=1S/C18H15ClN2O/c1-2-13-8-10-14(11-9-13)16-6-4-12-21(16)18(22)15-5-3-7-17(19)20-15/h1,3,5,7-11,16H,4,6,12H2. The minimum Gasteiger partial charge on any atom is -0.330 e. The molecular weight excluding hydrogens is 296 g/mol. The van der Waals surface area contributed by atoms with Crippen LogP contribution in [0.5, 0.6) is 0 Å². The second kappa shape index (κ2) is 6.21. The molecule has 1 aliphatic rings. The summed E-state index contributed by atoms with van der Waals surface area (Å²) in [5.41, 5.74) is 2.34. The molecule has 1 amide bonds. The average Bonchev–Trinajstić information content (AvgIpc) is 3.04. The molecule has 0 N–H and O–H groups in total. The summed E-state index contributed by atoms with van der Waals surface area (Å²) in [6.07, 6.45) is 7.31. The van der Waals surface area contributed by atoms with E-state index in [0.717, 1.165) is 30.5 Å². The van der Waals surface area contributed by atoms with E-state index in [1.165, 1.54) is 0 Å². The van der Waals surface area contributed by atoms with E-state index in [0.29, 0.717) is 10.8 Å². The molecule has 0 bridgehead atoms. The van der Waals surface area contributed by atoms with Gasteiger partial charge in [-0.2, -0.15) is 0 Å². The lowest BCUT2D eigenvalue weighted by Gasteiger charge is -2.25. The first kappa shape index (κ1) is 14.6.